The molecule has 2 amide bonds. The number of aliphatic hydroxyl groups is 1. The van der Waals surface area contributed by atoms with Gasteiger partial charge in [-0.25, -0.2) is 0 Å². The Kier molecular flexibility index (Phi) is 6.25. The maximum Gasteiger partial charge on any atom is 0.416 e. The summed E-state index contributed by atoms with van der Waals surface area (Å²) in [7, 11) is 0. The van der Waals surface area contributed by atoms with Gasteiger partial charge in [0.15, 0.2) is 0 Å². The van der Waals surface area contributed by atoms with E-state index in [9.17, 15) is 27.9 Å². The van der Waals surface area contributed by atoms with Crippen LogP contribution < -0.4 is 5.32 Å². The van der Waals surface area contributed by atoms with Crippen molar-refractivity contribution in [1.82, 2.24) is 10.2 Å². The van der Waals surface area contributed by atoms with Crippen LogP contribution in [-0.4, -0.2) is 53.7 Å². The minimum atomic E-state index is -4.48. The molecular formula is C22H27F3N2O4. The molecular weight excluding hydrogens is 413 g/mol. The van der Waals surface area contributed by atoms with Crippen molar-refractivity contribution in [2.24, 2.45) is 11.8 Å². The van der Waals surface area contributed by atoms with Crippen molar-refractivity contribution in [3.63, 3.8) is 0 Å². The summed E-state index contributed by atoms with van der Waals surface area (Å²) in [5.41, 5.74) is -0.422. The summed E-state index contributed by atoms with van der Waals surface area (Å²) < 4.78 is 44.8. The zero-order valence-corrected chi connectivity index (χ0v) is 17.1. The Morgan fingerprint density at radius 2 is 1.97 bits per heavy atom. The standard InChI is InChI=1S/C22H27F3N2O4/c23-22(24,25)15-4-1-3-14(11-15)19(13-6-7-13)26-20(29)21(30)27-9-2-5-17(27)16-12-31-10-8-18(16)28/h1,3-4,11,13,16-19,28H,2,5-10,12H2,(H,26,29)/t16?,17?,18?,19-/m1/s1. The van der Waals surface area contributed by atoms with Crippen LogP contribution in [0.1, 0.15) is 49.3 Å². The molecule has 1 aromatic carbocycles. The second-order valence-corrected chi connectivity index (χ2v) is 8.71. The van der Waals surface area contributed by atoms with Crippen LogP contribution >= 0.6 is 0 Å². The van der Waals surface area contributed by atoms with E-state index in [0.717, 1.165) is 31.4 Å². The monoisotopic (exact) mass is 440 g/mol. The first kappa shape index (κ1) is 22.1. The lowest BCUT2D eigenvalue weighted by molar-refractivity contribution is -0.149. The van der Waals surface area contributed by atoms with Crippen molar-refractivity contribution in [3.05, 3.63) is 35.4 Å². The molecule has 2 aliphatic heterocycles. The number of alkyl halides is 3. The molecule has 1 saturated carbocycles. The van der Waals surface area contributed by atoms with Gasteiger partial charge >= 0.3 is 18.0 Å². The Balaban J connectivity index is 1.47. The fourth-order valence-corrected chi connectivity index (χ4v) is 4.75. The predicted octanol–water partition coefficient (Wildman–Crippen LogP) is 2.66. The second kappa shape index (κ2) is 8.78. The topological polar surface area (TPSA) is 78.9 Å². The largest absolute Gasteiger partial charge is 0.416 e. The molecule has 3 fully saturated rings. The molecule has 2 heterocycles. The number of hydrogen-bond donors (Lipinski definition) is 2. The maximum atomic E-state index is 13.1. The molecule has 0 spiro atoms. The van der Waals surface area contributed by atoms with E-state index in [1.807, 2.05) is 0 Å². The quantitative estimate of drug-likeness (QED) is 0.706. The molecule has 9 heteroatoms. The van der Waals surface area contributed by atoms with Crippen molar-refractivity contribution in [2.75, 3.05) is 19.8 Å². The zero-order chi connectivity index (χ0) is 22.2. The summed E-state index contributed by atoms with van der Waals surface area (Å²) in [6, 6.07) is 4.00. The average Bonchev–Trinajstić information content (AvgIpc) is 3.47. The number of benzene rings is 1. The summed E-state index contributed by atoms with van der Waals surface area (Å²) in [5, 5.41) is 13.0. The number of carbonyl (C=O) groups excluding carboxylic acids is 2. The molecule has 3 unspecified atom stereocenters. The van der Waals surface area contributed by atoms with Gasteiger partial charge in [0.1, 0.15) is 0 Å². The number of carbonyl (C=O) groups is 2. The molecule has 170 valence electrons. The van der Waals surface area contributed by atoms with E-state index in [1.165, 1.54) is 11.0 Å². The van der Waals surface area contributed by atoms with Crippen LogP contribution in [-0.2, 0) is 20.5 Å². The summed E-state index contributed by atoms with van der Waals surface area (Å²) in [5.74, 6) is -1.73. The van der Waals surface area contributed by atoms with Crippen LogP contribution in [0, 0.1) is 11.8 Å². The molecule has 0 aromatic heterocycles. The number of ether oxygens (including phenoxy) is 1. The lowest BCUT2D eigenvalue weighted by Gasteiger charge is -2.36. The van der Waals surface area contributed by atoms with Crippen LogP contribution in [0.5, 0.6) is 0 Å². The number of nitrogens with one attached hydrogen (secondary N) is 1. The molecule has 31 heavy (non-hydrogen) atoms. The van der Waals surface area contributed by atoms with Gasteiger partial charge in [-0.1, -0.05) is 12.1 Å². The third kappa shape index (κ3) is 4.87. The van der Waals surface area contributed by atoms with Crippen LogP contribution in [0.4, 0.5) is 13.2 Å². The lowest BCUT2D eigenvalue weighted by atomic mass is 9.89. The smallest absolute Gasteiger partial charge is 0.393 e. The van der Waals surface area contributed by atoms with E-state index in [1.54, 1.807) is 6.07 Å². The number of halogens is 3. The third-order valence-electron chi connectivity index (χ3n) is 6.56. The van der Waals surface area contributed by atoms with Crippen molar-refractivity contribution in [3.8, 4) is 0 Å². The van der Waals surface area contributed by atoms with E-state index < -0.39 is 35.7 Å². The molecule has 2 N–H and O–H groups in total. The molecule has 1 aliphatic carbocycles. The Morgan fingerprint density at radius 3 is 2.65 bits per heavy atom. The van der Waals surface area contributed by atoms with Crippen molar-refractivity contribution in [1.29, 1.82) is 0 Å². The fraction of sp³-hybridized carbons (Fsp3) is 0.636. The number of rotatable bonds is 4. The fourth-order valence-electron chi connectivity index (χ4n) is 4.75. The van der Waals surface area contributed by atoms with E-state index >= 15 is 0 Å². The first-order valence-corrected chi connectivity index (χ1v) is 10.8. The van der Waals surface area contributed by atoms with Gasteiger partial charge in [-0.05, 0) is 55.7 Å². The van der Waals surface area contributed by atoms with Gasteiger partial charge in [0.25, 0.3) is 0 Å². The molecule has 2 saturated heterocycles. The SMILES string of the molecule is O=C(N[C@@H](c1cccc(C(F)(F)F)c1)C1CC1)C(=O)N1CCCC1C1COCCC1O. The molecule has 4 atom stereocenters. The normalized spacial score (nSPS) is 27.7. The third-order valence-corrected chi connectivity index (χ3v) is 6.56. The van der Waals surface area contributed by atoms with Crippen LogP contribution in [0.25, 0.3) is 0 Å². The van der Waals surface area contributed by atoms with Gasteiger partial charge in [-0.2, -0.15) is 13.2 Å². The Morgan fingerprint density at radius 1 is 1.19 bits per heavy atom. The Bertz CT molecular complexity index is 827. The van der Waals surface area contributed by atoms with E-state index in [2.05, 4.69) is 5.32 Å². The minimum Gasteiger partial charge on any atom is -0.393 e. The Labute approximate surface area is 178 Å². The highest BCUT2D eigenvalue weighted by Crippen LogP contribution is 2.42. The number of aliphatic hydroxyl groups excluding tert-OH is 1. The molecule has 6 nitrogen and oxygen atoms in total. The highest BCUT2D eigenvalue weighted by molar-refractivity contribution is 6.35. The first-order valence-electron chi connectivity index (χ1n) is 10.8. The van der Waals surface area contributed by atoms with Gasteiger partial charge in [0, 0.05) is 25.1 Å². The highest BCUT2D eigenvalue weighted by Gasteiger charge is 2.43. The maximum absolute atomic E-state index is 13.1. The van der Waals surface area contributed by atoms with Crippen LogP contribution in [0.3, 0.4) is 0 Å². The average molecular weight is 440 g/mol. The molecule has 0 bridgehead atoms. The number of likely N-dealkylation sites (tertiary alicyclic amines) is 1. The van der Waals surface area contributed by atoms with Crippen LogP contribution in [0.15, 0.2) is 24.3 Å². The van der Waals surface area contributed by atoms with Crippen molar-refractivity contribution in [2.45, 2.75) is 56.5 Å². The van der Waals surface area contributed by atoms with Gasteiger partial charge in [0.05, 0.1) is 24.3 Å². The van der Waals surface area contributed by atoms with E-state index in [-0.39, 0.29) is 17.9 Å². The Hall–Kier alpha value is -2.13. The zero-order valence-electron chi connectivity index (χ0n) is 17.1. The first-order chi connectivity index (χ1) is 14.8. The number of nitrogens with zero attached hydrogens (tertiary/aromatic N) is 1. The molecule has 0 radical (unpaired) electrons. The summed E-state index contributed by atoms with van der Waals surface area (Å²) in [6.45, 7) is 1.23. The summed E-state index contributed by atoms with van der Waals surface area (Å²) in [4.78, 5) is 27.3. The number of amides is 2. The van der Waals surface area contributed by atoms with E-state index in [0.29, 0.717) is 38.2 Å². The lowest BCUT2D eigenvalue weighted by Crippen LogP contribution is -2.52. The van der Waals surface area contributed by atoms with Crippen LogP contribution in [0.2, 0.25) is 0 Å². The number of hydrogen-bond acceptors (Lipinski definition) is 4. The highest BCUT2D eigenvalue weighted by atomic mass is 19.4. The van der Waals surface area contributed by atoms with Gasteiger partial charge in [0.2, 0.25) is 0 Å². The summed E-state index contributed by atoms with van der Waals surface area (Å²) >= 11 is 0. The van der Waals surface area contributed by atoms with Gasteiger partial charge in [-0.3, -0.25) is 9.59 Å². The second-order valence-electron chi connectivity index (χ2n) is 8.71. The van der Waals surface area contributed by atoms with Crippen molar-refractivity contribution >= 4 is 11.8 Å². The van der Waals surface area contributed by atoms with E-state index in [4.69, 9.17) is 4.74 Å². The molecule has 1 aromatic rings. The minimum absolute atomic E-state index is 0.0168. The molecule has 4 rings (SSSR count). The van der Waals surface area contributed by atoms with Gasteiger partial charge < -0.3 is 20.1 Å². The summed E-state index contributed by atoms with van der Waals surface area (Å²) in [6.07, 6.45) is -1.58. The van der Waals surface area contributed by atoms with Crippen molar-refractivity contribution < 1.29 is 32.6 Å². The predicted molar refractivity (Wildman–Crippen MR) is 105 cm³/mol. The van der Waals surface area contributed by atoms with Gasteiger partial charge in [-0.15, -0.1) is 0 Å². The molecule has 3 aliphatic rings.